The van der Waals surface area contributed by atoms with E-state index in [9.17, 15) is 30.7 Å². The van der Waals surface area contributed by atoms with Crippen molar-refractivity contribution < 1.29 is 44.6 Å². The second-order valence-corrected chi connectivity index (χ2v) is 13.2. The first-order valence-electron chi connectivity index (χ1n) is 15.8. The summed E-state index contributed by atoms with van der Waals surface area (Å²) in [5, 5.41) is 0. The van der Waals surface area contributed by atoms with Crippen molar-refractivity contribution in [2.75, 3.05) is 0 Å². The lowest BCUT2D eigenvalue weighted by molar-refractivity contribution is -0.237. The molecule has 3 aliphatic rings. The van der Waals surface area contributed by atoms with Crippen molar-refractivity contribution in [3.8, 4) is 11.5 Å². The van der Waals surface area contributed by atoms with E-state index in [1.54, 1.807) is 6.07 Å². The zero-order chi connectivity index (χ0) is 31.6. The fraction of sp³-hybridized carbons (Fsp3) is 0.647. The van der Waals surface area contributed by atoms with Crippen molar-refractivity contribution in [2.24, 2.45) is 23.7 Å². The van der Waals surface area contributed by atoms with E-state index in [1.807, 2.05) is 6.07 Å². The van der Waals surface area contributed by atoms with Crippen LogP contribution in [0.15, 0.2) is 36.4 Å². The maximum absolute atomic E-state index is 15.2. The van der Waals surface area contributed by atoms with Gasteiger partial charge in [0.05, 0.1) is 5.92 Å². The summed E-state index contributed by atoms with van der Waals surface area (Å²) in [6.07, 6.45) is -2.90. The largest absolute Gasteiger partial charge is 0.457 e. The Labute approximate surface area is 253 Å². The Bertz CT molecular complexity index is 1240. The predicted molar refractivity (Wildman–Crippen MR) is 150 cm³/mol. The zero-order valence-corrected chi connectivity index (χ0v) is 24.8. The van der Waals surface area contributed by atoms with Crippen molar-refractivity contribution in [3.63, 3.8) is 0 Å². The normalized spacial score (nSPS) is 29.2. The number of halogens is 8. The van der Waals surface area contributed by atoms with Gasteiger partial charge in [-0.1, -0.05) is 31.9 Å². The summed E-state index contributed by atoms with van der Waals surface area (Å²) in [5.74, 6) is -2.26. The first-order valence-corrected chi connectivity index (χ1v) is 15.8. The Morgan fingerprint density at radius 2 is 1.27 bits per heavy atom. The molecule has 3 saturated carbocycles. The van der Waals surface area contributed by atoms with Crippen LogP contribution >= 0.6 is 0 Å². The number of benzene rings is 2. The fourth-order valence-electron chi connectivity index (χ4n) is 7.61. The number of hydrogen-bond donors (Lipinski definition) is 0. The van der Waals surface area contributed by atoms with Gasteiger partial charge < -0.3 is 9.47 Å². The molecule has 0 N–H and O–H groups in total. The van der Waals surface area contributed by atoms with Gasteiger partial charge in [-0.3, -0.25) is 0 Å². The molecule has 2 aromatic carbocycles. The number of ether oxygens (including phenoxy) is 2. The van der Waals surface area contributed by atoms with Gasteiger partial charge in [-0.05, 0) is 123 Å². The molecule has 0 amide bonds. The lowest BCUT2D eigenvalue weighted by atomic mass is 9.68. The van der Waals surface area contributed by atoms with Crippen molar-refractivity contribution >= 4 is 0 Å². The molecule has 0 heterocycles. The second-order valence-electron chi connectivity index (χ2n) is 13.2. The van der Waals surface area contributed by atoms with E-state index >= 15 is 4.39 Å². The molecule has 1 atom stereocenters. The van der Waals surface area contributed by atoms with E-state index in [2.05, 4.69) is 17.7 Å². The van der Waals surface area contributed by atoms with Crippen molar-refractivity contribution in [3.05, 3.63) is 59.2 Å². The molecule has 0 radical (unpaired) electrons. The van der Waals surface area contributed by atoms with Crippen molar-refractivity contribution in [2.45, 2.75) is 114 Å². The lowest BCUT2D eigenvalue weighted by Gasteiger charge is -2.39. The first kappa shape index (κ1) is 32.9. The molecule has 0 aromatic heterocycles. The van der Waals surface area contributed by atoms with E-state index < -0.39 is 41.9 Å². The van der Waals surface area contributed by atoms with Gasteiger partial charge in [0.15, 0.2) is 11.6 Å². The van der Waals surface area contributed by atoms with E-state index in [-0.39, 0.29) is 24.6 Å². The summed E-state index contributed by atoms with van der Waals surface area (Å²) >= 11 is 0. The van der Waals surface area contributed by atoms with Crippen LogP contribution in [0.5, 0.6) is 11.5 Å². The SMILES string of the molecule is CC1CCC(c2ccc(C3CCC(C4CCC(C(F)(F)Oc5ccc(OC(F)C(F)(F)F)c(F)c5)CC4)CC3)c(F)c2)CC1. The van der Waals surface area contributed by atoms with Crippen LogP contribution in [0, 0.1) is 35.3 Å². The highest BCUT2D eigenvalue weighted by molar-refractivity contribution is 5.33. The number of alkyl halides is 6. The third kappa shape index (κ3) is 7.82. The molecule has 0 saturated heterocycles. The molecule has 3 aliphatic carbocycles. The summed E-state index contributed by atoms with van der Waals surface area (Å²) < 4.78 is 118. The average molecular weight is 633 g/mol. The van der Waals surface area contributed by atoms with Gasteiger partial charge in [0.2, 0.25) is 0 Å². The summed E-state index contributed by atoms with van der Waals surface area (Å²) in [5.41, 5.74) is 1.90. The van der Waals surface area contributed by atoms with Crippen molar-refractivity contribution in [1.29, 1.82) is 0 Å². The summed E-state index contributed by atoms with van der Waals surface area (Å²) in [4.78, 5) is 0. The molecule has 44 heavy (non-hydrogen) atoms. The minimum Gasteiger partial charge on any atom is -0.449 e. The van der Waals surface area contributed by atoms with E-state index in [1.165, 1.54) is 12.8 Å². The average Bonchev–Trinajstić information content (AvgIpc) is 2.98. The van der Waals surface area contributed by atoms with E-state index in [4.69, 9.17) is 4.74 Å². The Morgan fingerprint density at radius 3 is 1.84 bits per heavy atom. The summed E-state index contributed by atoms with van der Waals surface area (Å²) in [7, 11) is 0. The third-order valence-corrected chi connectivity index (χ3v) is 10.3. The molecule has 2 nitrogen and oxygen atoms in total. The first-order chi connectivity index (χ1) is 20.8. The monoisotopic (exact) mass is 632 g/mol. The lowest BCUT2D eigenvalue weighted by Crippen LogP contribution is -2.38. The van der Waals surface area contributed by atoms with Gasteiger partial charge in [0.25, 0.3) is 0 Å². The van der Waals surface area contributed by atoms with Crippen molar-refractivity contribution in [1.82, 2.24) is 0 Å². The highest BCUT2D eigenvalue weighted by Gasteiger charge is 2.46. The van der Waals surface area contributed by atoms with Gasteiger partial charge in [-0.2, -0.15) is 26.3 Å². The summed E-state index contributed by atoms with van der Waals surface area (Å²) in [6.45, 7) is 2.27. The van der Waals surface area contributed by atoms with Crippen LogP contribution < -0.4 is 9.47 Å². The highest BCUT2D eigenvalue weighted by Crippen LogP contribution is 2.47. The minimum atomic E-state index is -5.36. The van der Waals surface area contributed by atoms with Crippen LogP contribution in [-0.4, -0.2) is 18.6 Å². The number of rotatable bonds is 8. The summed E-state index contributed by atoms with van der Waals surface area (Å²) in [6, 6.07) is 7.75. The molecule has 10 heteroatoms. The molecular weight excluding hydrogens is 592 g/mol. The molecular formula is C34H40F8O2. The van der Waals surface area contributed by atoms with Gasteiger partial charge in [0, 0.05) is 6.07 Å². The molecule has 0 spiro atoms. The van der Waals surface area contributed by atoms with Crippen LogP contribution in [0.1, 0.15) is 107 Å². The quantitative estimate of drug-likeness (QED) is 0.270. The van der Waals surface area contributed by atoms with E-state index in [0.29, 0.717) is 42.7 Å². The van der Waals surface area contributed by atoms with Crippen LogP contribution in [0.4, 0.5) is 35.1 Å². The molecule has 2 aromatic rings. The molecule has 0 aliphatic heterocycles. The van der Waals surface area contributed by atoms with Crippen LogP contribution in [0.25, 0.3) is 0 Å². The Kier molecular flexibility index (Phi) is 10.0. The fourth-order valence-corrected chi connectivity index (χ4v) is 7.61. The van der Waals surface area contributed by atoms with Crippen LogP contribution in [0.2, 0.25) is 0 Å². The molecule has 5 rings (SSSR count). The Balaban J connectivity index is 1.09. The maximum atomic E-state index is 15.2. The Morgan fingerprint density at radius 1 is 0.682 bits per heavy atom. The molecule has 1 unspecified atom stereocenters. The zero-order valence-electron chi connectivity index (χ0n) is 24.8. The molecule has 244 valence electrons. The second kappa shape index (κ2) is 13.5. The highest BCUT2D eigenvalue weighted by atomic mass is 19.4. The smallest absolute Gasteiger partial charge is 0.449 e. The maximum Gasteiger partial charge on any atom is 0.457 e. The Hall–Kier alpha value is -2.52. The van der Waals surface area contributed by atoms with Crippen LogP contribution in [0.3, 0.4) is 0 Å². The molecule has 3 fully saturated rings. The van der Waals surface area contributed by atoms with Gasteiger partial charge >= 0.3 is 18.6 Å². The standard InChI is InChI=1S/C34H40F8O2/c1-20-2-4-23(5-3-20)25-12-16-28(29(35)18-25)24-8-6-21(7-9-24)22-10-13-26(14-11-22)34(41,42)44-27-15-17-31(30(36)19-27)43-32(37)33(38,39)40/h12,15-24,26,32H,2-11,13-14H2,1H3. The van der Waals surface area contributed by atoms with Gasteiger partial charge in [-0.15, -0.1) is 0 Å². The van der Waals surface area contributed by atoms with E-state index in [0.717, 1.165) is 61.6 Å². The third-order valence-electron chi connectivity index (χ3n) is 10.3. The minimum absolute atomic E-state index is 0.109. The van der Waals surface area contributed by atoms with Gasteiger partial charge in [0.1, 0.15) is 11.6 Å². The molecule has 0 bridgehead atoms. The topological polar surface area (TPSA) is 18.5 Å². The predicted octanol–water partition coefficient (Wildman–Crippen LogP) is 11.2. The number of hydrogen-bond acceptors (Lipinski definition) is 2. The van der Waals surface area contributed by atoms with Gasteiger partial charge in [-0.25, -0.2) is 8.78 Å². The van der Waals surface area contributed by atoms with Crippen LogP contribution in [-0.2, 0) is 0 Å².